The lowest BCUT2D eigenvalue weighted by Gasteiger charge is -2.14. The standard InChI is InChI=1S/C14H18O/c1-2-5-13(6-3-1)7-4-8-14-9-11-15-12-10-14/h1-3,5-6,8H,4,7,9-12H2. The Kier molecular flexibility index (Phi) is 3.98. The average Bonchev–Trinajstić information content (AvgIpc) is 2.32. The van der Waals surface area contributed by atoms with Gasteiger partial charge < -0.3 is 4.74 Å². The van der Waals surface area contributed by atoms with E-state index in [1.165, 1.54) is 12.0 Å². The summed E-state index contributed by atoms with van der Waals surface area (Å²) in [5.41, 5.74) is 3.01. The summed E-state index contributed by atoms with van der Waals surface area (Å²) in [6.45, 7) is 1.83. The smallest absolute Gasteiger partial charge is 0.0503 e. The normalized spacial score (nSPS) is 16.4. The Morgan fingerprint density at radius 2 is 1.80 bits per heavy atom. The molecule has 1 aromatic rings. The highest BCUT2D eigenvalue weighted by Crippen LogP contribution is 2.14. The number of benzene rings is 1. The van der Waals surface area contributed by atoms with Crippen LogP contribution in [0.4, 0.5) is 0 Å². The molecule has 0 spiro atoms. The molecule has 0 amide bonds. The molecule has 1 heteroatoms. The molecule has 1 heterocycles. The van der Waals surface area contributed by atoms with E-state index in [0.29, 0.717) is 0 Å². The van der Waals surface area contributed by atoms with Crippen LogP contribution in [0.15, 0.2) is 42.0 Å². The van der Waals surface area contributed by atoms with E-state index in [4.69, 9.17) is 4.74 Å². The van der Waals surface area contributed by atoms with Gasteiger partial charge in [0.25, 0.3) is 0 Å². The summed E-state index contributed by atoms with van der Waals surface area (Å²) >= 11 is 0. The zero-order chi connectivity index (χ0) is 10.3. The third kappa shape index (κ3) is 3.52. The molecule has 0 aromatic heterocycles. The predicted octanol–water partition coefficient (Wildman–Crippen LogP) is 3.36. The molecular formula is C14H18O. The Hall–Kier alpha value is -1.08. The Labute approximate surface area is 91.8 Å². The van der Waals surface area contributed by atoms with Crippen molar-refractivity contribution in [3.05, 3.63) is 47.5 Å². The van der Waals surface area contributed by atoms with E-state index in [2.05, 4.69) is 36.4 Å². The van der Waals surface area contributed by atoms with Gasteiger partial charge in [0.15, 0.2) is 0 Å². The minimum absolute atomic E-state index is 0.914. The van der Waals surface area contributed by atoms with Crippen molar-refractivity contribution < 1.29 is 4.74 Å². The van der Waals surface area contributed by atoms with E-state index in [-0.39, 0.29) is 0 Å². The van der Waals surface area contributed by atoms with Crippen LogP contribution in [0.3, 0.4) is 0 Å². The van der Waals surface area contributed by atoms with Crippen molar-refractivity contribution in [2.24, 2.45) is 0 Å². The van der Waals surface area contributed by atoms with Crippen LogP contribution >= 0.6 is 0 Å². The molecule has 0 N–H and O–H groups in total. The second-order valence-electron chi connectivity index (χ2n) is 4.00. The summed E-state index contributed by atoms with van der Waals surface area (Å²) in [6, 6.07) is 10.7. The molecule has 1 aromatic carbocycles. The Bertz CT molecular complexity index is 305. The summed E-state index contributed by atoms with van der Waals surface area (Å²) in [4.78, 5) is 0. The van der Waals surface area contributed by atoms with Crippen molar-refractivity contribution in [1.29, 1.82) is 0 Å². The predicted molar refractivity (Wildman–Crippen MR) is 62.9 cm³/mol. The molecule has 1 saturated heterocycles. The first-order chi connectivity index (χ1) is 7.45. The van der Waals surface area contributed by atoms with Gasteiger partial charge in [0.1, 0.15) is 0 Å². The molecule has 0 atom stereocenters. The van der Waals surface area contributed by atoms with Gasteiger partial charge in [-0.25, -0.2) is 0 Å². The maximum Gasteiger partial charge on any atom is 0.0503 e. The second-order valence-corrected chi connectivity index (χ2v) is 4.00. The first kappa shape index (κ1) is 10.4. The molecule has 1 aliphatic heterocycles. The number of aryl methyl sites for hydroxylation is 1. The Morgan fingerprint density at radius 3 is 2.53 bits per heavy atom. The number of rotatable bonds is 3. The molecule has 15 heavy (non-hydrogen) atoms. The van der Waals surface area contributed by atoms with Crippen LogP contribution in [0, 0.1) is 0 Å². The molecule has 2 rings (SSSR count). The maximum absolute atomic E-state index is 5.32. The lowest BCUT2D eigenvalue weighted by atomic mass is 10.0. The van der Waals surface area contributed by atoms with E-state index in [9.17, 15) is 0 Å². The molecule has 0 unspecified atom stereocenters. The second kappa shape index (κ2) is 5.72. The van der Waals surface area contributed by atoms with Crippen molar-refractivity contribution in [2.75, 3.05) is 13.2 Å². The zero-order valence-corrected chi connectivity index (χ0v) is 9.11. The fourth-order valence-corrected chi connectivity index (χ4v) is 1.93. The van der Waals surface area contributed by atoms with Crippen molar-refractivity contribution in [3.63, 3.8) is 0 Å². The summed E-state index contributed by atoms with van der Waals surface area (Å²) in [6.07, 6.45) is 6.99. The topological polar surface area (TPSA) is 9.23 Å². The first-order valence-corrected chi connectivity index (χ1v) is 5.75. The van der Waals surface area contributed by atoms with Gasteiger partial charge in [-0.1, -0.05) is 42.0 Å². The first-order valence-electron chi connectivity index (χ1n) is 5.75. The number of allylic oxidation sites excluding steroid dienone is 1. The number of hydrogen-bond donors (Lipinski definition) is 0. The van der Waals surface area contributed by atoms with Gasteiger partial charge in [-0.05, 0) is 31.2 Å². The quantitative estimate of drug-likeness (QED) is 0.683. The van der Waals surface area contributed by atoms with Gasteiger partial charge in [0, 0.05) is 0 Å². The minimum Gasteiger partial charge on any atom is -0.381 e. The van der Waals surface area contributed by atoms with Crippen molar-refractivity contribution in [1.82, 2.24) is 0 Å². The fraction of sp³-hybridized carbons (Fsp3) is 0.429. The molecule has 1 nitrogen and oxygen atoms in total. The number of hydrogen-bond acceptors (Lipinski definition) is 1. The summed E-state index contributed by atoms with van der Waals surface area (Å²) in [7, 11) is 0. The molecule has 0 radical (unpaired) electrons. The van der Waals surface area contributed by atoms with Crippen LogP contribution in [0.25, 0.3) is 0 Å². The van der Waals surface area contributed by atoms with Gasteiger partial charge >= 0.3 is 0 Å². The molecular weight excluding hydrogens is 184 g/mol. The van der Waals surface area contributed by atoms with E-state index in [1.807, 2.05) is 0 Å². The van der Waals surface area contributed by atoms with E-state index in [1.54, 1.807) is 5.57 Å². The summed E-state index contributed by atoms with van der Waals surface area (Å²) in [5, 5.41) is 0. The van der Waals surface area contributed by atoms with Crippen LogP contribution in [0.5, 0.6) is 0 Å². The van der Waals surface area contributed by atoms with Crippen LogP contribution < -0.4 is 0 Å². The zero-order valence-electron chi connectivity index (χ0n) is 9.11. The summed E-state index contributed by atoms with van der Waals surface area (Å²) < 4.78 is 5.32. The highest BCUT2D eigenvalue weighted by atomic mass is 16.5. The minimum atomic E-state index is 0.914. The fourth-order valence-electron chi connectivity index (χ4n) is 1.93. The van der Waals surface area contributed by atoms with Gasteiger partial charge in [-0.15, -0.1) is 0 Å². The number of ether oxygens (including phenoxy) is 1. The highest BCUT2D eigenvalue weighted by Gasteiger charge is 2.03. The monoisotopic (exact) mass is 202 g/mol. The lowest BCUT2D eigenvalue weighted by Crippen LogP contribution is -2.07. The largest absolute Gasteiger partial charge is 0.381 e. The van der Waals surface area contributed by atoms with Gasteiger partial charge in [-0.3, -0.25) is 0 Å². The van der Waals surface area contributed by atoms with Crippen molar-refractivity contribution in [3.8, 4) is 0 Å². The third-order valence-electron chi connectivity index (χ3n) is 2.84. The van der Waals surface area contributed by atoms with Gasteiger partial charge in [0.05, 0.1) is 13.2 Å². The highest BCUT2D eigenvalue weighted by molar-refractivity contribution is 5.16. The average molecular weight is 202 g/mol. The molecule has 1 aliphatic rings. The Morgan fingerprint density at radius 1 is 1.07 bits per heavy atom. The van der Waals surface area contributed by atoms with Crippen molar-refractivity contribution in [2.45, 2.75) is 25.7 Å². The molecule has 0 saturated carbocycles. The maximum atomic E-state index is 5.32. The molecule has 80 valence electrons. The van der Waals surface area contributed by atoms with Crippen LogP contribution in [-0.2, 0) is 11.2 Å². The lowest BCUT2D eigenvalue weighted by molar-refractivity contribution is 0.119. The van der Waals surface area contributed by atoms with E-state index in [0.717, 1.165) is 32.5 Å². The SMILES string of the molecule is C(CCc1ccccc1)=C1CCOCC1. The summed E-state index contributed by atoms with van der Waals surface area (Å²) in [5.74, 6) is 0. The van der Waals surface area contributed by atoms with Crippen LogP contribution in [0.2, 0.25) is 0 Å². The molecule has 0 aliphatic carbocycles. The van der Waals surface area contributed by atoms with E-state index < -0.39 is 0 Å². The van der Waals surface area contributed by atoms with Crippen LogP contribution in [0.1, 0.15) is 24.8 Å². The van der Waals surface area contributed by atoms with Crippen LogP contribution in [-0.4, -0.2) is 13.2 Å². The van der Waals surface area contributed by atoms with Crippen molar-refractivity contribution >= 4 is 0 Å². The van der Waals surface area contributed by atoms with Gasteiger partial charge in [-0.2, -0.15) is 0 Å². The molecule has 0 bridgehead atoms. The van der Waals surface area contributed by atoms with Gasteiger partial charge in [0.2, 0.25) is 0 Å². The third-order valence-corrected chi connectivity index (χ3v) is 2.84. The van der Waals surface area contributed by atoms with E-state index >= 15 is 0 Å². The molecule has 1 fully saturated rings. The Balaban J connectivity index is 1.78.